The monoisotopic (exact) mass is 793 g/mol. The number of para-hydroxylation sites is 3. The Labute approximate surface area is 357 Å². The number of rotatable bonds is 7. The number of hydrogen-bond acceptors (Lipinski definition) is 5. The lowest BCUT2D eigenvalue weighted by atomic mass is 9.84. The predicted molar refractivity (Wildman–Crippen MR) is 252 cm³/mol. The van der Waals surface area contributed by atoms with Crippen molar-refractivity contribution in [2.24, 2.45) is 0 Å². The zero-order valence-electron chi connectivity index (χ0n) is 33.4. The molecule has 0 aliphatic carbocycles. The van der Waals surface area contributed by atoms with Gasteiger partial charge in [-0.2, -0.15) is 0 Å². The maximum atomic E-state index is 6.68. The summed E-state index contributed by atoms with van der Waals surface area (Å²) in [5, 5.41) is 4.28. The average Bonchev–Trinajstić information content (AvgIpc) is 3.93. The number of aromatic nitrogens is 3. The second-order valence-electron chi connectivity index (χ2n) is 15.5. The first-order valence-corrected chi connectivity index (χ1v) is 20.8. The van der Waals surface area contributed by atoms with E-state index >= 15 is 0 Å². The molecule has 0 saturated heterocycles. The zero-order valence-corrected chi connectivity index (χ0v) is 33.4. The van der Waals surface area contributed by atoms with E-state index in [4.69, 9.17) is 23.8 Å². The Balaban J connectivity index is 1.04. The minimum absolute atomic E-state index is 0.594. The summed E-state index contributed by atoms with van der Waals surface area (Å²) in [5.74, 6) is 1.80. The van der Waals surface area contributed by atoms with Crippen LogP contribution in [0.5, 0.6) is 0 Å². The normalized spacial score (nSPS) is 11.5. The molecule has 3 aromatic heterocycles. The zero-order chi connectivity index (χ0) is 41.0. The van der Waals surface area contributed by atoms with Gasteiger partial charge in [-0.05, 0) is 81.4 Å². The standard InChI is InChI=1S/C57H35N3O2/c1-4-15-36(16-5-1)42-34-47(53(38-17-6-2-7-18-38)49(35-42)46-24-14-23-45-43-21-10-13-26-51(43)62-54(45)46)37-27-29-40(30-28-37)56-58-55(39-19-8-3-9-20-39)59-57(60-56)41-31-32-52-48(33-41)44-22-11-12-25-50(44)61-52/h1-35H. The molecule has 0 saturated carbocycles. The predicted octanol–water partition coefficient (Wildman–Crippen LogP) is 15.3. The highest BCUT2D eigenvalue weighted by Crippen LogP contribution is 2.46. The molecule has 5 heteroatoms. The van der Waals surface area contributed by atoms with Gasteiger partial charge in [0.2, 0.25) is 0 Å². The Bertz CT molecular complexity index is 3610. The van der Waals surface area contributed by atoms with Crippen LogP contribution < -0.4 is 0 Å². The molecule has 0 amide bonds. The smallest absolute Gasteiger partial charge is 0.164 e. The largest absolute Gasteiger partial charge is 0.456 e. The molecule has 9 aromatic carbocycles. The third-order valence-electron chi connectivity index (χ3n) is 11.8. The van der Waals surface area contributed by atoms with E-state index in [9.17, 15) is 0 Å². The molecule has 12 rings (SSSR count). The molecule has 0 radical (unpaired) electrons. The van der Waals surface area contributed by atoms with Crippen LogP contribution in [0.4, 0.5) is 0 Å². The van der Waals surface area contributed by atoms with Crippen molar-refractivity contribution in [2.45, 2.75) is 0 Å². The van der Waals surface area contributed by atoms with Gasteiger partial charge in [0.15, 0.2) is 17.5 Å². The van der Waals surface area contributed by atoms with Crippen LogP contribution in [-0.2, 0) is 0 Å². The van der Waals surface area contributed by atoms with E-state index in [1.165, 1.54) is 0 Å². The summed E-state index contributed by atoms with van der Waals surface area (Å²) >= 11 is 0. The second kappa shape index (κ2) is 14.7. The number of fused-ring (bicyclic) bond motifs is 6. The Morgan fingerprint density at radius 1 is 0.258 bits per heavy atom. The quantitative estimate of drug-likeness (QED) is 0.161. The third kappa shape index (κ3) is 6.14. The van der Waals surface area contributed by atoms with Crippen LogP contribution in [0.25, 0.3) is 123 Å². The lowest BCUT2D eigenvalue weighted by Crippen LogP contribution is -2.00. The first-order chi connectivity index (χ1) is 30.7. The van der Waals surface area contributed by atoms with Gasteiger partial charge in [-0.3, -0.25) is 0 Å². The maximum absolute atomic E-state index is 6.68. The van der Waals surface area contributed by atoms with Gasteiger partial charge in [-0.15, -0.1) is 0 Å². The van der Waals surface area contributed by atoms with E-state index in [0.717, 1.165) is 105 Å². The van der Waals surface area contributed by atoms with Gasteiger partial charge in [-0.1, -0.05) is 170 Å². The summed E-state index contributed by atoms with van der Waals surface area (Å²) in [6.07, 6.45) is 0. The number of nitrogens with zero attached hydrogens (tertiary/aromatic N) is 3. The molecule has 0 N–H and O–H groups in total. The summed E-state index contributed by atoms with van der Waals surface area (Å²) in [7, 11) is 0. The first kappa shape index (κ1) is 35.5. The molecule has 3 heterocycles. The fourth-order valence-electron chi connectivity index (χ4n) is 8.77. The van der Waals surface area contributed by atoms with Crippen LogP contribution in [0.2, 0.25) is 0 Å². The van der Waals surface area contributed by atoms with E-state index in [1.54, 1.807) is 0 Å². The third-order valence-corrected chi connectivity index (χ3v) is 11.8. The fourth-order valence-corrected chi connectivity index (χ4v) is 8.77. The van der Waals surface area contributed by atoms with Crippen LogP contribution in [0.15, 0.2) is 221 Å². The van der Waals surface area contributed by atoms with Crippen molar-refractivity contribution in [3.8, 4) is 78.7 Å². The van der Waals surface area contributed by atoms with Crippen LogP contribution in [-0.4, -0.2) is 15.0 Å². The van der Waals surface area contributed by atoms with Crippen LogP contribution in [0.3, 0.4) is 0 Å². The lowest BCUT2D eigenvalue weighted by Gasteiger charge is -2.19. The molecule has 62 heavy (non-hydrogen) atoms. The van der Waals surface area contributed by atoms with Crippen molar-refractivity contribution in [1.82, 2.24) is 15.0 Å². The van der Waals surface area contributed by atoms with Crippen molar-refractivity contribution in [1.29, 1.82) is 0 Å². The highest BCUT2D eigenvalue weighted by Gasteiger charge is 2.21. The first-order valence-electron chi connectivity index (χ1n) is 20.8. The molecule has 0 aliphatic heterocycles. The molecule has 0 bridgehead atoms. The fraction of sp³-hybridized carbons (Fsp3) is 0. The summed E-state index contributed by atoms with van der Waals surface area (Å²) in [6, 6.07) is 73.6. The topological polar surface area (TPSA) is 65.0 Å². The molecule has 12 aromatic rings. The van der Waals surface area contributed by atoms with E-state index in [-0.39, 0.29) is 0 Å². The van der Waals surface area contributed by atoms with Crippen molar-refractivity contribution >= 4 is 43.9 Å². The summed E-state index contributed by atoms with van der Waals surface area (Å²) in [4.78, 5) is 15.2. The molecule has 0 atom stereocenters. The SMILES string of the molecule is c1ccc(-c2cc(-c3ccc(-c4nc(-c5ccccc5)nc(-c5ccc6oc7ccccc7c6c5)n4)cc3)c(-c3ccccc3)c(-c3cccc4c3oc3ccccc34)c2)cc1. The lowest BCUT2D eigenvalue weighted by molar-refractivity contribution is 0.669. The maximum Gasteiger partial charge on any atom is 0.164 e. The molecule has 0 unspecified atom stereocenters. The van der Waals surface area contributed by atoms with Gasteiger partial charge in [0.1, 0.15) is 22.3 Å². The van der Waals surface area contributed by atoms with Crippen molar-refractivity contribution in [3.63, 3.8) is 0 Å². The molecule has 0 fully saturated rings. The molecule has 5 nitrogen and oxygen atoms in total. The van der Waals surface area contributed by atoms with Gasteiger partial charge < -0.3 is 8.83 Å². The number of furan rings is 2. The van der Waals surface area contributed by atoms with Gasteiger partial charge in [-0.25, -0.2) is 15.0 Å². The Morgan fingerprint density at radius 2 is 0.742 bits per heavy atom. The second-order valence-corrected chi connectivity index (χ2v) is 15.5. The van der Waals surface area contributed by atoms with Crippen LogP contribution in [0, 0.1) is 0 Å². The molecular weight excluding hydrogens is 759 g/mol. The summed E-state index contributed by atoms with van der Waals surface area (Å²) < 4.78 is 12.8. The van der Waals surface area contributed by atoms with E-state index in [1.807, 2.05) is 72.8 Å². The van der Waals surface area contributed by atoms with Crippen LogP contribution in [0.1, 0.15) is 0 Å². The van der Waals surface area contributed by atoms with Gasteiger partial charge in [0.25, 0.3) is 0 Å². The van der Waals surface area contributed by atoms with Crippen molar-refractivity contribution in [2.75, 3.05) is 0 Å². The van der Waals surface area contributed by atoms with Gasteiger partial charge >= 0.3 is 0 Å². The van der Waals surface area contributed by atoms with Gasteiger partial charge in [0, 0.05) is 43.8 Å². The highest BCUT2D eigenvalue weighted by atomic mass is 16.3. The van der Waals surface area contributed by atoms with E-state index in [2.05, 4.69) is 140 Å². The number of hydrogen-bond donors (Lipinski definition) is 0. The molecule has 290 valence electrons. The minimum Gasteiger partial charge on any atom is -0.456 e. The minimum atomic E-state index is 0.594. The van der Waals surface area contributed by atoms with E-state index < -0.39 is 0 Å². The van der Waals surface area contributed by atoms with Crippen molar-refractivity contribution < 1.29 is 8.83 Å². The molecule has 0 aliphatic rings. The summed E-state index contributed by atoms with van der Waals surface area (Å²) in [5.41, 5.74) is 14.9. The van der Waals surface area contributed by atoms with E-state index in [0.29, 0.717) is 17.5 Å². The molecule has 0 spiro atoms. The molecular formula is C57H35N3O2. The summed E-state index contributed by atoms with van der Waals surface area (Å²) in [6.45, 7) is 0. The van der Waals surface area contributed by atoms with Gasteiger partial charge in [0.05, 0.1) is 0 Å². The van der Waals surface area contributed by atoms with Crippen LogP contribution >= 0.6 is 0 Å². The Morgan fingerprint density at radius 3 is 1.44 bits per heavy atom. The average molecular weight is 794 g/mol. The highest BCUT2D eigenvalue weighted by molar-refractivity contribution is 6.12. The number of benzene rings is 9. The Kier molecular flexibility index (Phi) is 8.42. The van der Waals surface area contributed by atoms with Crippen molar-refractivity contribution in [3.05, 3.63) is 212 Å². The Hall–Kier alpha value is -8.41.